The maximum atomic E-state index is 13.2. The highest BCUT2D eigenvalue weighted by Gasteiger charge is 2.34. The van der Waals surface area contributed by atoms with Gasteiger partial charge in [0, 0.05) is 17.3 Å². The van der Waals surface area contributed by atoms with Gasteiger partial charge in [0.25, 0.3) is 5.91 Å². The number of carbonyl (C=O) groups is 2. The molecule has 0 aliphatic heterocycles. The van der Waals surface area contributed by atoms with Crippen molar-refractivity contribution in [1.82, 2.24) is 15.0 Å². The van der Waals surface area contributed by atoms with Crippen molar-refractivity contribution in [2.75, 3.05) is 10.6 Å². The van der Waals surface area contributed by atoms with Gasteiger partial charge >= 0.3 is 6.18 Å². The van der Waals surface area contributed by atoms with Crippen LogP contribution in [0.1, 0.15) is 34.5 Å². The summed E-state index contributed by atoms with van der Waals surface area (Å²) in [5.41, 5.74) is 0.463. The summed E-state index contributed by atoms with van der Waals surface area (Å²) in [6.45, 7) is 1.78. The molecule has 10 heteroatoms. The van der Waals surface area contributed by atoms with E-state index in [1.54, 1.807) is 25.1 Å². The first-order chi connectivity index (χ1) is 14.7. The number of anilines is 2. The van der Waals surface area contributed by atoms with Gasteiger partial charge in [-0.3, -0.25) is 9.59 Å². The molecule has 0 saturated heterocycles. The van der Waals surface area contributed by atoms with Crippen molar-refractivity contribution < 1.29 is 22.8 Å². The van der Waals surface area contributed by atoms with Gasteiger partial charge < -0.3 is 10.6 Å². The van der Waals surface area contributed by atoms with E-state index in [0.717, 1.165) is 35.4 Å². The van der Waals surface area contributed by atoms with Crippen LogP contribution < -0.4 is 10.6 Å². The highest BCUT2D eigenvalue weighted by molar-refractivity contribution is 6.03. The zero-order chi connectivity index (χ0) is 22.2. The van der Waals surface area contributed by atoms with Crippen molar-refractivity contribution in [3.63, 3.8) is 0 Å². The van der Waals surface area contributed by atoms with E-state index in [1.807, 2.05) is 0 Å². The van der Waals surface area contributed by atoms with Gasteiger partial charge in [-0.1, -0.05) is 23.4 Å². The molecule has 3 aromatic rings. The number of carbonyl (C=O) groups excluding carboxylic acids is 2. The van der Waals surface area contributed by atoms with Crippen molar-refractivity contribution in [2.45, 2.75) is 25.9 Å². The number of nitrogens with zero attached hydrogens (tertiary/aromatic N) is 3. The van der Waals surface area contributed by atoms with Crippen molar-refractivity contribution in [1.29, 1.82) is 0 Å². The molecule has 0 radical (unpaired) electrons. The van der Waals surface area contributed by atoms with Crippen molar-refractivity contribution in [3.05, 3.63) is 65.5 Å². The predicted molar refractivity (Wildman–Crippen MR) is 107 cm³/mol. The van der Waals surface area contributed by atoms with E-state index in [9.17, 15) is 22.8 Å². The summed E-state index contributed by atoms with van der Waals surface area (Å²) in [6, 6.07) is 9.99. The summed E-state index contributed by atoms with van der Waals surface area (Å²) < 4.78 is 40.6. The van der Waals surface area contributed by atoms with Gasteiger partial charge in [-0.2, -0.15) is 13.2 Å². The normalized spacial score (nSPS) is 13.7. The Balaban J connectivity index is 1.53. The molecule has 7 nitrogen and oxygen atoms in total. The van der Waals surface area contributed by atoms with Crippen LogP contribution in [0.3, 0.4) is 0 Å². The molecule has 0 bridgehead atoms. The number of aromatic nitrogens is 3. The molecule has 1 aliphatic rings. The van der Waals surface area contributed by atoms with E-state index < -0.39 is 17.6 Å². The van der Waals surface area contributed by atoms with Crippen molar-refractivity contribution in [2.24, 2.45) is 5.92 Å². The van der Waals surface area contributed by atoms with Crippen LogP contribution in [-0.2, 0) is 11.0 Å². The molecule has 1 heterocycles. The van der Waals surface area contributed by atoms with Gasteiger partial charge in [-0.05, 0) is 49.6 Å². The van der Waals surface area contributed by atoms with Crippen LogP contribution in [0.5, 0.6) is 0 Å². The second-order valence-corrected chi connectivity index (χ2v) is 7.31. The molecule has 2 amide bonds. The summed E-state index contributed by atoms with van der Waals surface area (Å²) in [4.78, 5) is 24.6. The Labute approximate surface area is 175 Å². The lowest BCUT2D eigenvalue weighted by Crippen LogP contribution is -2.15. The molecule has 31 heavy (non-hydrogen) atoms. The molecule has 1 aromatic heterocycles. The van der Waals surface area contributed by atoms with E-state index in [2.05, 4.69) is 20.9 Å². The third kappa shape index (κ3) is 4.57. The fraction of sp³-hybridized carbons (Fsp3) is 0.238. The largest absolute Gasteiger partial charge is 0.418 e. The van der Waals surface area contributed by atoms with Gasteiger partial charge in [0.2, 0.25) is 5.91 Å². The molecule has 1 fully saturated rings. The van der Waals surface area contributed by atoms with E-state index in [4.69, 9.17) is 0 Å². The van der Waals surface area contributed by atoms with Crippen LogP contribution in [0, 0.1) is 12.8 Å². The number of hydrogen-bond donors (Lipinski definition) is 2. The fourth-order valence-corrected chi connectivity index (χ4v) is 3.01. The Morgan fingerprint density at radius 1 is 1.10 bits per heavy atom. The number of hydrogen-bond acceptors (Lipinski definition) is 4. The monoisotopic (exact) mass is 429 g/mol. The van der Waals surface area contributed by atoms with Crippen LogP contribution >= 0.6 is 0 Å². The molecule has 0 spiro atoms. The zero-order valence-electron chi connectivity index (χ0n) is 16.4. The smallest absolute Gasteiger partial charge is 0.326 e. The SMILES string of the molecule is Cc1ccc(NC(=O)C2CC2)cc1NC(=O)c1cn(-c2ccccc2C(F)(F)F)nn1. The molecule has 0 atom stereocenters. The average Bonchev–Trinajstić information content (AvgIpc) is 3.46. The summed E-state index contributed by atoms with van der Waals surface area (Å²) in [5.74, 6) is -0.661. The fourth-order valence-electron chi connectivity index (χ4n) is 3.01. The summed E-state index contributed by atoms with van der Waals surface area (Å²) in [7, 11) is 0. The van der Waals surface area contributed by atoms with Gasteiger partial charge in [-0.15, -0.1) is 5.10 Å². The first kappa shape index (κ1) is 20.6. The van der Waals surface area contributed by atoms with Gasteiger partial charge in [0.15, 0.2) is 5.69 Å². The zero-order valence-corrected chi connectivity index (χ0v) is 16.4. The molecule has 0 unspecified atom stereocenters. The Morgan fingerprint density at radius 2 is 1.84 bits per heavy atom. The number of para-hydroxylation sites is 1. The summed E-state index contributed by atoms with van der Waals surface area (Å²) >= 11 is 0. The first-order valence-corrected chi connectivity index (χ1v) is 9.54. The lowest BCUT2D eigenvalue weighted by Gasteiger charge is -2.11. The van der Waals surface area contributed by atoms with Crippen LogP contribution in [0.2, 0.25) is 0 Å². The van der Waals surface area contributed by atoms with Crippen LogP contribution in [-0.4, -0.2) is 26.8 Å². The van der Waals surface area contributed by atoms with E-state index in [1.165, 1.54) is 18.2 Å². The van der Waals surface area contributed by atoms with E-state index in [-0.39, 0.29) is 23.2 Å². The number of halogens is 3. The molecule has 1 aliphatic carbocycles. The Kier molecular flexibility index (Phi) is 5.22. The summed E-state index contributed by atoms with van der Waals surface area (Å²) in [5, 5.41) is 12.9. The van der Waals surface area contributed by atoms with Crippen LogP contribution in [0.25, 0.3) is 5.69 Å². The quantitative estimate of drug-likeness (QED) is 0.636. The molecule has 2 aromatic carbocycles. The predicted octanol–water partition coefficient (Wildman–Crippen LogP) is 4.20. The minimum atomic E-state index is -4.58. The number of rotatable bonds is 5. The van der Waals surface area contributed by atoms with Crippen molar-refractivity contribution >= 4 is 23.2 Å². The minimum absolute atomic E-state index is 0.0361. The number of nitrogens with one attached hydrogen (secondary N) is 2. The average molecular weight is 429 g/mol. The first-order valence-electron chi connectivity index (χ1n) is 9.54. The van der Waals surface area contributed by atoms with Gasteiger partial charge in [0.1, 0.15) is 0 Å². The molecule has 1 saturated carbocycles. The molecule has 2 N–H and O–H groups in total. The second-order valence-electron chi connectivity index (χ2n) is 7.31. The van der Waals surface area contributed by atoms with E-state index in [0.29, 0.717) is 11.4 Å². The molecular weight excluding hydrogens is 411 g/mol. The maximum Gasteiger partial charge on any atom is 0.418 e. The molecule has 4 rings (SSSR count). The van der Waals surface area contributed by atoms with Crippen molar-refractivity contribution in [3.8, 4) is 5.69 Å². The van der Waals surface area contributed by atoms with Crippen LogP contribution in [0.15, 0.2) is 48.7 Å². The lowest BCUT2D eigenvalue weighted by atomic mass is 10.1. The highest BCUT2D eigenvalue weighted by Crippen LogP contribution is 2.33. The standard InChI is InChI=1S/C21H18F3N5O2/c1-12-6-9-14(25-19(30)13-7-8-13)10-16(12)26-20(31)17-11-29(28-27-17)18-5-3-2-4-15(18)21(22,23)24/h2-6,9-11,13H,7-8H2,1H3,(H,25,30)(H,26,31). The lowest BCUT2D eigenvalue weighted by molar-refractivity contribution is -0.137. The Bertz CT molecular complexity index is 1150. The Hall–Kier alpha value is -3.69. The van der Waals surface area contributed by atoms with Gasteiger partial charge in [0.05, 0.1) is 17.4 Å². The summed E-state index contributed by atoms with van der Waals surface area (Å²) in [6.07, 6.45) is -1.70. The van der Waals surface area contributed by atoms with Crippen LogP contribution in [0.4, 0.5) is 24.5 Å². The van der Waals surface area contributed by atoms with Gasteiger partial charge in [-0.25, -0.2) is 4.68 Å². The topological polar surface area (TPSA) is 88.9 Å². The highest BCUT2D eigenvalue weighted by atomic mass is 19.4. The maximum absolute atomic E-state index is 13.2. The number of alkyl halides is 3. The Morgan fingerprint density at radius 3 is 2.55 bits per heavy atom. The number of benzene rings is 2. The molecular formula is C21H18F3N5O2. The third-order valence-electron chi connectivity index (χ3n) is 4.88. The molecule has 160 valence electrons. The number of amides is 2. The minimum Gasteiger partial charge on any atom is -0.326 e. The second kappa shape index (κ2) is 7.86. The van der Waals surface area contributed by atoms with E-state index >= 15 is 0 Å². The number of aryl methyl sites for hydroxylation is 1. The third-order valence-corrected chi connectivity index (χ3v) is 4.88.